The standard InChI is InChI=1S/C11H17N3O/c1-9-6-13-11(7-12-9)8-14-10-2-4-15-5-3-10/h6-7,10,14H,2-5,8H2,1H3. The maximum Gasteiger partial charge on any atom is 0.0724 e. The normalized spacial score (nSPS) is 17.9. The predicted molar refractivity (Wildman–Crippen MR) is 57.4 cm³/mol. The molecule has 0 spiro atoms. The van der Waals surface area contributed by atoms with Gasteiger partial charge >= 0.3 is 0 Å². The molecule has 0 aromatic carbocycles. The highest BCUT2D eigenvalue weighted by Crippen LogP contribution is 2.06. The van der Waals surface area contributed by atoms with Crippen molar-refractivity contribution in [1.82, 2.24) is 15.3 Å². The van der Waals surface area contributed by atoms with Crippen molar-refractivity contribution in [2.24, 2.45) is 0 Å². The number of rotatable bonds is 3. The van der Waals surface area contributed by atoms with Gasteiger partial charge in [0.1, 0.15) is 0 Å². The minimum absolute atomic E-state index is 0.571. The van der Waals surface area contributed by atoms with Crippen LogP contribution < -0.4 is 5.32 Å². The van der Waals surface area contributed by atoms with E-state index in [0.29, 0.717) is 6.04 Å². The third-order valence-corrected chi connectivity index (χ3v) is 2.63. The summed E-state index contributed by atoms with van der Waals surface area (Å²) in [4.78, 5) is 8.52. The van der Waals surface area contributed by atoms with Crippen molar-refractivity contribution in [2.75, 3.05) is 13.2 Å². The van der Waals surface area contributed by atoms with Crippen LogP contribution in [0.3, 0.4) is 0 Å². The monoisotopic (exact) mass is 207 g/mol. The van der Waals surface area contributed by atoms with Gasteiger partial charge in [-0.3, -0.25) is 9.97 Å². The summed E-state index contributed by atoms with van der Waals surface area (Å²) < 4.78 is 5.30. The lowest BCUT2D eigenvalue weighted by Gasteiger charge is -2.22. The Morgan fingerprint density at radius 3 is 2.80 bits per heavy atom. The number of nitrogens with one attached hydrogen (secondary N) is 1. The number of hydrogen-bond donors (Lipinski definition) is 1. The van der Waals surface area contributed by atoms with Gasteiger partial charge in [-0.15, -0.1) is 0 Å². The number of ether oxygens (including phenoxy) is 1. The molecule has 1 aliphatic rings. The average molecular weight is 207 g/mol. The summed E-state index contributed by atoms with van der Waals surface area (Å²) in [5, 5.41) is 3.47. The second-order valence-corrected chi connectivity index (χ2v) is 3.92. The van der Waals surface area contributed by atoms with E-state index in [9.17, 15) is 0 Å². The van der Waals surface area contributed by atoms with E-state index in [1.54, 1.807) is 6.20 Å². The summed E-state index contributed by atoms with van der Waals surface area (Å²) in [6.07, 6.45) is 5.83. The van der Waals surface area contributed by atoms with Gasteiger partial charge in [0, 0.05) is 38.2 Å². The Balaban J connectivity index is 1.79. The quantitative estimate of drug-likeness (QED) is 0.805. The van der Waals surface area contributed by atoms with Gasteiger partial charge in [0.25, 0.3) is 0 Å². The highest BCUT2D eigenvalue weighted by molar-refractivity contribution is 5.00. The van der Waals surface area contributed by atoms with E-state index in [1.807, 2.05) is 13.1 Å². The van der Waals surface area contributed by atoms with Crippen LogP contribution in [0.5, 0.6) is 0 Å². The summed E-state index contributed by atoms with van der Waals surface area (Å²) in [5.41, 5.74) is 1.97. The lowest BCUT2D eigenvalue weighted by atomic mass is 10.1. The number of aryl methyl sites for hydroxylation is 1. The first-order valence-electron chi connectivity index (χ1n) is 5.43. The van der Waals surface area contributed by atoms with Crippen LogP contribution in [0.2, 0.25) is 0 Å². The van der Waals surface area contributed by atoms with Gasteiger partial charge in [0.15, 0.2) is 0 Å². The highest BCUT2D eigenvalue weighted by Gasteiger charge is 2.12. The first-order chi connectivity index (χ1) is 7.34. The second-order valence-electron chi connectivity index (χ2n) is 3.92. The summed E-state index contributed by atoms with van der Waals surface area (Å²) >= 11 is 0. The van der Waals surface area contributed by atoms with Crippen molar-refractivity contribution in [1.29, 1.82) is 0 Å². The fourth-order valence-corrected chi connectivity index (χ4v) is 1.66. The molecule has 82 valence electrons. The molecule has 0 aliphatic carbocycles. The van der Waals surface area contributed by atoms with Gasteiger partial charge in [0.2, 0.25) is 0 Å². The van der Waals surface area contributed by atoms with Gasteiger partial charge in [-0.2, -0.15) is 0 Å². The molecule has 1 saturated heterocycles. The Morgan fingerprint density at radius 1 is 1.33 bits per heavy atom. The van der Waals surface area contributed by atoms with Crippen molar-refractivity contribution in [2.45, 2.75) is 32.4 Å². The average Bonchev–Trinajstić information content (AvgIpc) is 2.30. The van der Waals surface area contributed by atoms with E-state index in [0.717, 1.165) is 44.0 Å². The molecule has 1 fully saturated rings. The minimum atomic E-state index is 0.571. The molecular weight excluding hydrogens is 190 g/mol. The van der Waals surface area contributed by atoms with Gasteiger partial charge in [0.05, 0.1) is 11.4 Å². The Morgan fingerprint density at radius 2 is 2.13 bits per heavy atom. The van der Waals surface area contributed by atoms with E-state index in [4.69, 9.17) is 4.74 Å². The molecule has 0 saturated carbocycles. The van der Waals surface area contributed by atoms with E-state index in [1.165, 1.54) is 0 Å². The van der Waals surface area contributed by atoms with Crippen LogP contribution in [0.15, 0.2) is 12.4 Å². The van der Waals surface area contributed by atoms with Gasteiger partial charge in [-0.1, -0.05) is 0 Å². The van der Waals surface area contributed by atoms with E-state index < -0.39 is 0 Å². The van der Waals surface area contributed by atoms with Crippen molar-refractivity contribution in [3.63, 3.8) is 0 Å². The summed E-state index contributed by atoms with van der Waals surface area (Å²) in [6, 6.07) is 0.571. The highest BCUT2D eigenvalue weighted by atomic mass is 16.5. The molecular formula is C11H17N3O. The van der Waals surface area contributed by atoms with Crippen LogP contribution in [0.4, 0.5) is 0 Å². The van der Waals surface area contributed by atoms with Crippen molar-refractivity contribution < 1.29 is 4.74 Å². The van der Waals surface area contributed by atoms with Crippen molar-refractivity contribution in [3.8, 4) is 0 Å². The van der Waals surface area contributed by atoms with Crippen LogP contribution >= 0.6 is 0 Å². The molecule has 4 heteroatoms. The Labute approximate surface area is 90.1 Å². The van der Waals surface area contributed by atoms with Crippen LogP contribution in [0, 0.1) is 6.92 Å². The molecule has 0 radical (unpaired) electrons. The zero-order valence-electron chi connectivity index (χ0n) is 9.07. The topological polar surface area (TPSA) is 47.0 Å². The molecule has 1 aliphatic heterocycles. The first kappa shape index (κ1) is 10.5. The van der Waals surface area contributed by atoms with E-state index >= 15 is 0 Å². The molecule has 1 N–H and O–H groups in total. The van der Waals surface area contributed by atoms with E-state index in [2.05, 4.69) is 15.3 Å². The molecule has 1 aromatic heterocycles. The molecule has 2 rings (SSSR count). The van der Waals surface area contributed by atoms with Gasteiger partial charge in [-0.05, 0) is 19.8 Å². The summed E-state index contributed by atoms with van der Waals surface area (Å²) in [6.45, 7) is 4.50. The Kier molecular flexibility index (Phi) is 3.64. The largest absolute Gasteiger partial charge is 0.381 e. The Hall–Kier alpha value is -1.00. The van der Waals surface area contributed by atoms with Crippen molar-refractivity contribution in [3.05, 3.63) is 23.8 Å². The SMILES string of the molecule is Cc1cnc(CNC2CCOCC2)cn1. The van der Waals surface area contributed by atoms with E-state index in [-0.39, 0.29) is 0 Å². The molecule has 15 heavy (non-hydrogen) atoms. The fourth-order valence-electron chi connectivity index (χ4n) is 1.66. The molecule has 0 amide bonds. The molecule has 4 nitrogen and oxygen atoms in total. The summed E-state index contributed by atoms with van der Waals surface area (Å²) in [5.74, 6) is 0. The van der Waals surface area contributed by atoms with Crippen LogP contribution in [0.1, 0.15) is 24.2 Å². The Bertz CT molecular complexity index is 293. The second kappa shape index (κ2) is 5.19. The maximum atomic E-state index is 5.30. The number of nitrogens with zero attached hydrogens (tertiary/aromatic N) is 2. The van der Waals surface area contributed by atoms with Gasteiger partial charge in [-0.25, -0.2) is 0 Å². The molecule has 0 unspecified atom stereocenters. The molecule has 2 heterocycles. The van der Waals surface area contributed by atoms with Gasteiger partial charge < -0.3 is 10.1 Å². The third-order valence-electron chi connectivity index (χ3n) is 2.63. The zero-order chi connectivity index (χ0) is 10.5. The lowest BCUT2D eigenvalue weighted by molar-refractivity contribution is 0.0775. The fraction of sp³-hybridized carbons (Fsp3) is 0.636. The van der Waals surface area contributed by atoms with Crippen molar-refractivity contribution >= 4 is 0 Å². The van der Waals surface area contributed by atoms with Crippen LogP contribution in [-0.2, 0) is 11.3 Å². The number of aromatic nitrogens is 2. The predicted octanol–water partition coefficient (Wildman–Crippen LogP) is 1.05. The van der Waals surface area contributed by atoms with Crippen LogP contribution in [0.25, 0.3) is 0 Å². The minimum Gasteiger partial charge on any atom is -0.381 e. The smallest absolute Gasteiger partial charge is 0.0724 e. The zero-order valence-corrected chi connectivity index (χ0v) is 9.07. The third kappa shape index (κ3) is 3.25. The molecule has 0 atom stereocenters. The first-order valence-corrected chi connectivity index (χ1v) is 5.43. The lowest BCUT2D eigenvalue weighted by Crippen LogP contribution is -2.34. The summed E-state index contributed by atoms with van der Waals surface area (Å²) in [7, 11) is 0. The number of hydrogen-bond acceptors (Lipinski definition) is 4. The molecule has 0 bridgehead atoms. The maximum absolute atomic E-state index is 5.30. The molecule has 1 aromatic rings. The van der Waals surface area contributed by atoms with Crippen LogP contribution in [-0.4, -0.2) is 29.2 Å².